The zero-order chi connectivity index (χ0) is 12.5. The molecule has 1 heterocycles. The molecule has 2 rings (SSSR count). The Labute approximate surface area is 103 Å². The molecule has 1 fully saturated rings. The number of hydrogen-bond acceptors (Lipinski definition) is 3. The first-order valence-electron chi connectivity index (χ1n) is 6.35. The maximum atomic E-state index is 12.7. The van der Waals surface area contributed by atoms with Crippen molar-refractivity contribution in [3.8, 4) is 0 Å². The van der Waals surface area contributed by atoms with Gasteiger partial charge in [0.25, 0.3) is 0 Å². The minimum absolute atomic E-state index is 0.187. The van der Waals surface area contributed by atoms with Crippen LogP contribution in [-0.2, 0) is 6.54 Å². The van der Waals surface area contributed by atoms with Gasteiger partial charge in [-0.05, 0) is 33.9 Å². The van der Waals surface area contributed by atoms with Gasteiger partial charge in [-0.2, -0.15) is 0 Å². The summed E-state index contributed by atoms with van der Waals surface area (Å²) >= 11 is 0. The van der Waals surface area contributed by atoms with Gasteiger partial charge in [0.05, 0.1) is 5.54 Å². The van der Waals surface area contributed by atoms with E-state index in [1.807, 2.05) is 31.8 Å². The minimum Gasteiger partial charge on any atom is -0.329 e. The smallest absolute Gasteiger partial charge is 0.218 e. The Bertz CT molecular complexity index is 403. The second kappa shape index (κ2) is 4.61. The van der Waals surface area contributed by atoms with Crippen molar-refractivity contribution in [2.24, 2.45) is 0 Å². The van der Waals surface area contributed by atoms with Crippen LogP contribution in [0, 0.1) is 0 Å². The van der Waals surface area contributed by atoms with E-state index in [1.165, 1.54) is 0 Å². The third-order valence-electron chi connectivity index (χ3n) is 3.97. The van der Waals surface area contributed by atoms with Gasteiger partial charge in [0.2, 0.25) is 5.78 Å². The summed E-state index contributed by atoms with van der Waals surface area (Å²) in [7, 11) is 4.00. The molecule has 0 N–H and O–H groups in total. The summed E-state index contributed by atoms with van der Waals surface area (Å²) in [4.78, 5) is 19.1. The van der Waals surface area contributed by atoms with Gasteiger partial charge in [-0.25, -0.2) is 4.98 Å². The average molecular weight is 235 g/mol. The molecule has 94 valence electrons. The predicted octanol–water partition coefficient (Wildman–Crippen LogP) is 1.96. The van der Waals surface area contributed by atoms with Crippen molar-refractivity contribution in [1.29, 1.82) is 0 Å². The molecule has 1 aliphatic rings. The topological polar surface area (TPSA) is 38.1 Å². The number of nitrogens with zero attached hydrogens (tertiary/aromatic N) is 3. The van der Waals surface area contributed by atoms with Crippen molar-refractivity contribution in [3.63, 3.8) is 0 Å². The first kappa shape index (κ1) is 12.3. The van der Waals surface area contributed by atoms with Gasteiger partial charge in [0.1, 0.15) is 0 Å². The lowest BCUT2D eigenvalue weighted by Crippen LogP contribution is -2.49. The lowest BCUT2D eigenvalue weighted by molar-refractivity contribution is 0.0677. The minimum atomic E-state index is -0.321. The van der Waals surface area contributed by atoms with Crippen LogP contribution in [0.2, 0.25) is 0 Å². The van der Waals surface area contributed by atoms with Gasteiger partial charge < -0.3 is 4.57 Å². The number of imidazole rings is 1. The summed E-state index contributed by atoms with van der Waals surface area (Å²) in [6, 6.07) is 0. The molecule has 0 atom stereocenters. The van der Waals surface area contributed by atoms with Crippen LogP contribution < -0.4 is 0 Å². The Hall–Kier alpha value is -1.16. The number of carbonyl (C=O) groups is 1. The number of likely N-dealkylation sites (N-methyl/N-ethyl adjacent to an activating group) is 1. The predicted molar refractivity (Wildman–Crippen MR) is 67.1 cm³/mol. The van der Waals surface area contributed by atoms with Crippen LogP contribution in [0.15, 0.2) is 12.4 Å². The van der Waals surface area contributed by atoms with Gasteiger partial charge in [-0.15, -0.1) is 0 Å². The van der Waals surface area contributed by atoms with Gasteiger partial charge in [0, 0.05) is 18.9 Å². The normalized spacial score (nSPS) is 18.8. The van der Waals surface area contributed by atoms with Gasteiger partial charge in [0.15, 0.2) is 5.82 Å². The highest BCUT2D eigenvalue weighted by molar-refractivity contribution is 6.00. The van der Waals surface area contributed by atoms with Crippen molar-refractivity contribution in [3.05, 3.63) is 18.2 Å². The quantitative estimate of drug-likeness (QED) is 0.749. The fraction of sp³-hybridized carbons (Fsp3) is 0.692. The van der Waals surface area contributed by atoms with Gasteiger partial charge >= 0.3 is 0 Å². The lowest BCUT2D eigenvalue weighted by atomic mass is 9.90. The maximum Gasteiger partial charge on any atom is 0.218 e. The molecule has 4 nitrogen and oxygen atoms in total. The van der Waals surface area contributed by atoms with E-state index in [9.17, 15) is 4.79 Å². The van der Waals surface area contributed by atoms with E-state index in [0.717, 1.165) is 32.2 Å². The molecule has 1 aromatic heterocycles. The van der Waals surface area contributed by atoms with Crippen molar-refractivity contribution >= 4 is 5.78 Å². The Morgan fingerprint density at radius 3 is 2.65 bits per heavy atom. The van der Waals surface area contributed by atoms with Crippen LogP contribution in [0.3, 0.4) is 0 Å². The highest BCUT2D eigenvalue weighted by atomic mass is 16.1. The summed E-state index contributed by atoms with van der Waals surface area (Å²) in [6.07, 6.45) is 7.78. The molecular formula is C13H21N3O. The molecule has 17 heavy (non-hydrogen) atoms. The van der Waals surface area contributed by atoms with E-state index >= 15 is 0 Å². The summed E-state index contributed by atoms with van der Waals surface area (Å²) in [6.45, 7) is 2.83. The third-order valence-corrected chi connectivity index (χ3v) is 3.97. The number of aromatic nitrogens is 2. The van der Waals surface area contributed by atoms with Crippen LogP contribution in [0.25, 0.3) is 0 Å². The van der Waals surface area contributed by atoms with E-state index in [0.29, 0.717) is 5.82 Å². The number of carbonyl (C=O) groups excluding carboxylic acids is 1. The van der Waals surface area contributed by atoms with Crippen LogP contribution in [0.5, 0.6) is 0 Å². The highest BCUT2D eigenvalue weighted by Gasteiger charge is 2.44. The van der Waals surface area contributed by atoms with E-state index in [1.54, 1.807) is 6.20 Å². The molecule has 0 aliphatic heterocycles. The Kier molecular flexibility index (Phi) is 3.33. The van der Waals surface area contributed by atoms with Crippen molar-refractivity contribution in [1.82, 2.24) is 14.5 Å². The number of hydrogen-bond donors (Lipinski definition) is 0. The monoisotopic (exact) mass is 235 g/mol. The molecule has 0 bridgehead atoms. The van der Waals surface area contributed by atoms with Crippen molar-refractivity contribution in [2.75, 3.05) is 14.1 Å². The second-order valence-corrected chi connectivity index (χ2v) is 5.00. The van der Waals surface area contributed by atoms with Crippen LogP contribution >= 0.6 is 0 Å². The fourth-order valence-corrected chi connectivity index (χ4v) is 2.82. The molecule has 1 aliphatic carbocycles. The molecule has 0 amide bonds. The third kappa shape index (κ3) is 1.90. The number of aryl methyl sites for hydroxylation is 1. The maximum absolute atomic E-state index is 12.7. The van der Waals surface area contributed by atoms with Crippen molar-refractivity contribution < 1.29 is 4.79 Å². The molecule has 4 heteroatoms. The zero-order valence-electron chi connectivity index (χ0n) is 10.9. The molecule has 0 saturated heterocycles. The zero-order valence-corrected chi connectivity index (χ0v) is 10.9. The molecule has 1 aromatic rings. The largest absolute Gasteiger partial charge is 0.329 e. The number of Topliss-reactive ketones (excluding diaryl/α,β-unsaturated/α-hetero) is 1. The van der Waals surface area contributed by atoms with Crippen LogP contribution in [-0.4, -0.2) is 39.9 Å². The van der Waals surface area contributed by atoms with E-state index < -0.39 is 0 Å². The molecule has 0 aromatic carbocycles. The molecule has 1 saturated carbocycles. The summed E-state index contributed by atoms with van der Waals surface area (Å²) < 4.78 is 1.94. The number of ketones is 1. The van der Waals surface area contributed by atoms with Crippen molar-refractivity contribution in [2.45, 2.75) is 44.7 Å². The molecular weight excluding hydrogens is 214 g/mol. The van der Waals surface area contributed by atoms with E-state index in [-0.39, 0.29) is 11.3 Å². The average Bonchev–Trinajstić information content (AvgIpc) is 2.97. The summed E-state index contributed by atoms with van der Waals surface area (Å²) in [5, 5.41) is 0. The van der Waals surface area contributed by atoms with E-state index in [4.69, 9.17) is 0 Å². The SMILES string of the molecule is CCn1ccnc1C(=O)C1(N(C)C)CCCC1. The van der Waals surface area contributed by atoms with Gasteiger partial charge in [-0.1, -0.05) is 12.8 Å². The number of rotatable bonds is 4. The molecule has 0 spiro atoms. The standard InChI is InChI=1S/C13H21N3O/c1-4-16-10-9-14-12(16)11(17)13(15(2)3)7-5-6-8-13/h9-10H,4-8H2,1-3H3. The first-order chi connectivity index (χ1) is 8.12. The van der Waals surface area contributed by atoms with Crippen LogP contribution in [0.1, 0.15) is 43.2 Å². The molecule has 0 radical (unpaired) electrons. The molecule has 0 unspecified atom stereocenters. The van der Waals surface area contributed by atoms with Crippen LogP contribution in [0.4, 0.5) is 0 Å². The van der Waals surface area contributed by atoms with Gasteiger partial charge in [-0.3, -0.25) is 9.69 Å². The summed E-state index contributed by atoms with van der Waals surface area (Å²) in [5.74, 6) is 0.801. The fourth-order valence-electron chi connectivity index (χ4n) is 2.82. The Balaban J connectivity index is 2.35. The highest BCUT2D eigenvalue weighted by Crippen LogP contribution is 2.36. The first-order valence-corrected chi connectivity index (χ1v) is 6.35. The second-order valence-electron chi connectivity index (χ2n) is 5.00. The summed E-state index contributed by atoms with van der Waals surface area (Å²) in [5.41, 5.74) is -0.321. The van der Waals surface area contributed by atoms with E-state index in [2.05, 4.69) is 9.88 Å². The Morgan fingerprint density at radius 2 is 2.12 bits per heavy atom. The lowest BCUT2D eigenvalue weighted by Gasteiger charge is -2.34. The Morgan fingerprint density at radius 1 is 1.47 bits per heavy atom.